The molecule has 8 N–H and O–H groups in total. The van der Waals surface area contributed by atoms with Crippen molar-refractivity contribution in [1.82, 2.24) is 4.90 Å². The lowest BCUT2D eigenvalue weighted by molar-refractivity contribution is -0.144. The number of nitrogens with one attached hydrogen (secondary N) is 1. The van der Waals surface area contributed by atoms with Crippen LogP contribution in [-0.4, -0.2) is 69.9 Å². The van der Waals surface area contributed by atoms with Crippen molar-refractivity contribution in [2.24, 2.45) is 17.4 Å². The van der Waals surface area contributed by atoms with E-state index >= 15 is 0 Å². The Balaban J connectivity index is 2.72. The summed E-state index contributed by atoms with van der Waals surface area (Å²) >= 11 is 0. The second-order valence-corrected chi connectivity index (χ2v) is 5.70. The smallest absolute Gasteiger partial charge is 0.451 e. The summed E-state index contributed by atoms with van der Waals surface area (Å²) in [6, 6.07) is 0. The number of hydrogen-bond acceptors (Lipinski definition) is 7. The molecule has 124 valence electrons. The zero-order valence-electron chi connectivity index (χ0n) is 12.4. The Morgan fingerprint density at radius 3 is 2.55 bits per heavy atom. The molecule has 0 unspecified atom stereocenters. The first-order valence-electron chi connectivity index (χ1n) is 7.13. The van der Waals surface area contributed by atoms with E-state index < -0.39 is 24.5 Å². The second-order valence-electron chi connectivity index (χ2n) is 5.70. The standard InChI is InChI=1S/C12H23BN4O5/c14-5-9(18)4-10(15)17-6-8(2-1-3-13(21)22)12(16,7-17)11(19)20/h8,15,21-22H,1-7,14,16H2,(H,19,20)/t8-,12-/m0/s1. The van der Waals surface area contributed by atoms with Crippen LogP contribution in [-0.2, 0) is 9.59 Å². The summed E-state index contributed by atoms with van der Waals surface area (Å²) in [4.78, 5) is 24.3. The highest BCUT2D eigenvalue weighted by molar-refractivity contribution is 6.40. The number of nitrogens with two attached hydrogens (primary N) is 2. The number of likely N-dealkylation sites (tertiary alicyclic amines) is 1. The number of rotatable bonds is 8. The van der Waals surface area contributed by atoms with Gasteiger partial charge in [0.15, 0.2) is 5.78 Å². The number of carbonyl (C=O) groups is 2. The molecule has 1 fully saturated rings. The number of aliphatic carboxylic acids is 1. The Morgan fingerprint density at radius 1 is 1.41 bits per heavy atom. The molecular formula is C12H23BN4O5. The zero-order valence-corrected chi connectivity index (χ0v) is 12.4. The van der Waals surface area contributed by atoms with Crippen molar-refractivity contribution in [1.29, 1.82) is 5.41 Å². The van der Waals surface area contributed by atoms with Crippen molar-refractivity contribution in [3.05, 3.63) is 0 Å². The van der Waals surface area contributed by atoms with Gasteiger partial charge < -0.3 is 31.5 Å². The molecule has 0 saturated carbocycles. The number of carboxylic acids is 1. The SMILES string of the molecule is N=C(CC(=O)CN)N1C[C@H](CCCB(O)O)[C@](N)(C(=O)O)C1. The monoisotopic (exact) mass is 314 g/mol. The number of carbonyl (C=O) groups excluding carboxylic acids is 1. The molecule has 0 aromatic carbocycles. The van der Waals surface area contributed by atoms with Crippen LogP contribution in [0.5, 0.6) is 0 Å². The van der Waals surface area contributed by atoms with Gasteiger partial charge in [0.25, 0.3) is 0 Å². The summed E-state index contributed by atoms with van der Waals surface area (Å²) < 4.78 is 0. The maximum atomic E-state index is 11.5. The Hall–Kier alpha value is -1.49. The Bertz CT molecular complexity index is 447. The van der Waals surface area contributed by atoms with Gasteiger partial charge in [-0.2, -0.15) is 0 Å². The third kappa shape index (κ3) is 4.50. The van der Waals surface area contributed by atoms with Gasteiger partial charge >= 0.3 is 13.1 Å². The third-order valence-electron chi connectivity index (χ3n) is 4.01. The lowest BCUT2D eigenvalue weighted by Crippen LogP contribution is -2.55. The fourth-order valence-electron chi connectivity index (χ4n) is 2.65. The fourth-order valence-corrected chi connectivity index (χ4v) is 2.65. The van der Waals surface area contributed by atoms with Crippen molar-refractivity contribution in [3.63, 3.8) is 0 Å². The molecule has 0 aromatic heterocycles. The maximum absolute atomic E-state index is 11.5. The third-order valence-corrected chi connectivity index (χ3v) is 4.01. The first-order chi connectivity index (χ1) is 10.2. The highest BCUT2D eigenvalue weighted by Gasteiger charge is 2.49. The van der Waals surface area contributed by atoms with Gasteiger partial charge in [-0.05, 0) is 12.7 Å². The number of amidine groups is 1. The molecule has 1 aliphatic heterocycles. The van der Waals surface area contributed by atoms with Crippen molar-refractivity contribution < 1.29 is 24.7 Å². The quantitative estimate of drug-likeness (QED) is 0.167. The summed E-state index contributed by atoms with van der Waals surface area (Å²) in [6.45, 7) is 0.0348. The lowest BCUT2D eigenvalue weighted by Gasteiger charge is -2.25. The average molecular weight is 314 g/mol. The highest BCUT2D eigenvalue weighted by Crippen LogP contribution is 2.31. The van der Waals surface area contributed by atoms with Crippen LogP contribution in [0, 0.1) is 11.3 Å². The average Bonchev–Trinajstić information content (AvgIpc) is 2.77. The van der Waals surface area contributed by atoms with Crippen molar-refractivity contribution >= 4 is 24.7 Å². The van der Waals surface area contributed by atoms with Crippen LogP contribution in [0.3, 0.4) is 0 Å². The molecule has 0 amide bonds. The minimum atomic E-state index is -1.52. The maximum Gasteiger partial charge on any atom is 0.451 e. The topological polar surface area (TPSA) is 174 Å². The first kappa shape index (κ1) is 18.6. The molecule has 9 nitrogen and oxygen atoms in total. The van der Waals surface area contributed by atoms with Crippen LogP contribution in [0.4, 0.5) is 0 Å². The van der Waals surface area contributed by atoms with Gasteiger partial charge in [-0.25, -0.2) is 0 Å². The summed E-state index contributed by atoms with van der Waals surface area (Å²) in [6.07, 6.45) is 0.802. The van der Waals surface area contributed by atoms with E-state index in [4.69, 9.17) is 26.9 Å². The van der Waals surface area contributed by atoms with Gasteiger partial charge in [0.2, 0.25) is 0 Å². The van der Waals surface area contributed by atoms with E-state index in [0.29, 0.717) is 12.8 Å². The van der Waals surface area contributed by atoms with Crippen LogP contribution in [0.15, 0.2) is 0 Å². The summed E-state index contributed by atoms with van der Waals surface area (Å²) in [7, 11) is -1.44. The van der Waals surface area contributed by atoms with Gasteiger partial charge in [0.05, 0.1) is 13.0 Å². The number of carboxylic acid groups (broad SMARTS) is 1. The van der Waals surface area contributed by atoms with Gasteiger partial charge in [0.1, 0.15) is 11.4 Å². The molecule has 22 heavy (non-hydrogen) atoms. The number of Topliss-reactive ketones (excluding diaryl/α,β-unsaturated/α-hetero) is 1. The summed E-state index contributed by atoms with van der Waals surface area (Å²) in [5, 5.41) is 35.0. The first-order valence-corrected chi connectivity index (χ1v) is 7.13. The van der Waals surface area contributed by atoms with Crippen LogP contribution >= 0.6 is 0 Å². The lowest BCUT2D eigenvalue weighted by atomic mass is 9.78. The molecule has 10 heteroatoms. The predicted octanol–water partition coefficient (Wildman–Crippen LogP) is -2.15. The minimum absolute atomic E-state index is 0.0104. The van der Waals surface area contributed by atoms with Crippen molar-refractivity contribution in [2.75, 3.05) is 19.6 Å². The Kier molecular flexibility index (Phi) is 6.48. The number of ketones is 1. The molecule has 0 aromatic rings. The van der Waals surface area contributed by atoms with Crippen molar-refractivity contribution in [2.45, 2.75) is 31.1 Å². The largest absolute Gasteiger partial charge is 0.480 e. The van der Waals surface area contributed by atoms with Crippen LogP contribution in [0.1, 0.15) is 19.3 Å². The van der Waals surface area contributed by atoms with E-state index in [-0.39, 0.29) is 44.0 Å². The molecule has 1 aliphatic rings. The van der Waals surface area contributed by atoms with Crippen LogP contribution in [0.2, 0.25) is 6.32 Å². The molecule has 0 bridgehead atoms. The summed E-state index contributed by atoms with van der Waals surface area (Å²) in [5.41, 5.74) is 9.68. The van der Waals surface area contributed by atoms with E-state index in [1.165, 1.54) is 4.90 Å². The van der Waals surface area contributed by atoms with E-state index in [1.807, 2.05) is 0 Å². The Labute approximate surface area is 128 Å². The van der Waals surface area contributed by atoms with Gasteiger partial charge in [-0.3, -0.25) is 15.0 Å². The number of hydrogen-bond donors (Lipinski definition) is 6. The molecule has 0 aliphatic carbocycles. The Morgan fingerprint density at radius 2 is 2.05 bits per heavy atom. The fraction of sp³-hybridized carbons (Fsp3) is 0.750. The zero-order chi connectivity index (χ0) is 16.9. The minimum Gasteiger partial charge on any atom is -0.480 e. The molecule has 0 radical (unpaired) electrons. The second kappa shape index (κ2) is 7.68. The van der Waals surface area contributed by atoms with Gasteiger partial charge in [-0.15, -0.1) is 0 Å². The highest BCUT2D eigenvalue weighted by atomic mass is 16.4. The van der Waals surface area contributed by atoms with E-state index in [0.717, 1.165) is 0 Å². The van der Waals surface area contributed by atoms with E-state index in [2.05, 4.69) is 0 Å². The van der Waals surface area contributed by atoms with Gasteiger partial charge in [0, 0.05) is 19.0 Å². The predicted molar refractivity (Wildman–Crippen MR) is 80.3 cm³/mol. The van der Waals surface area contributed by atoms with Crippen LogP contribution in [0.25, 0.3) is 0 Å². The summed E-state index contributed by atoms with van der Waals surface area (Å²) in [5.74, 6) is -1.88. The molecule has 1 heterocycles. The van der Waals surface area contributed by atoms with E-state index in [1.54, 1.807) is 0 Å². The van der Waals surface area contributed by atoms with Gasteiger partial charge in [-0.1, -0.05) is 6.42 Å². The molecular weight excluding hydrogens is 291 g/mol. The normalized spacial score (nSPS) is 24.4. The molecule has 0 spiro atoms. The molecule has 1 rings (SSSR count). The van der Waals surface area contributed by atoms with Crippen LogP contribution < -0.4 is 11.5 Å². The molecule has 1 saturated heterocycles. The van der Waals surface area contributed by atoms with Crippen molar-refractivity contribution in [3.8, 4) is 0 Å². The number of nitrogens with zero attached hydrogens (tertiary/aromatic N) is 1. The molecule has 2 atom stereocenters. The van der Waals surface area contributed by atoms with E-state index in [9.17, 15) is 14.7 Å².